The number of fused-ring (bicyclic) bond motifs is 2. The number of anilines is 1. The van der Waals surface area contributed by atoms with Crippen LogP contribution in [-0.4, -0.2) is 46.5 Å². The molecule has 2 atom stereocenters. The number of hydrogen-bond donors (Lipinski definition) is 2. The molecule has 2 unspecified atom stereocenters. The van der Waals surface area contributed by atoms with Crippen molar-refractivity contribution in [3.05, 3.63) is 16.8 Å². The predicted molar refractivity (Wildman–Crippen MR) is 74.1 cm³/mol. The number of nitrogens with two attached hydrogens (primary N) is 1. The summed E-state index contributed by atoms with van der Waals surface area (Å²) in [5.74, 6) is 0.762. The van der Waals surface area contributed by atoms with Crippen molar-refractivity contribution in [1.82, 2.24) is 10.2 Å². The van der Waals surface area contributed by atoms with Crippen LogP contribution in [0.25, 0.3) is 0 Å². The Hall–Kier alpha value is -1.89. The summed E-state index contributed by atoms with van der Waals surface area (Å²) in [6.07, 6.45) is 2.66. The van der Waals surface area contributed by atoms with Gasteiger partial charge in [0.1, 0.15) is 0 Å². The fourth-order valence-corrected chi connectivity index (χ4v) is 2.96. The second-order valence-corrected chi connectivity index (χ2v) is 5.46. The summed E-state index contributed by atoms with van der Waals surface area (Å²) in [6, 6.07) is 0. The van der Waals surface area contributed by atoms with Crippen LogP contribution in [0.1, 0.15) is 29.7 Å². The summed E-state index contributed by atoms with van der Waals surface area (Å²) in [7, 11) is 0. The Balaban J connectivity index is 2.03. The zero-order chi connectivity index (χ0) is 14.3. The normalized spacial score (nSPS) is 26.1. The fourth-order valence-electron chi connectivity index (χ4n) is 2.96. The third-order valence-electron chi connectivity index (χ3n) is 4.14. The van der Waals surface area contributed by atoms with Crippen LogP contribution >= 0.6 is 0 Å². The molecule has 2 saturated heterocycles. The summed E-state index contributed by atoms with van der Waals surface area (Å²) in [4.78, 5) is 2.14. The lowest BCUT2D eigenvalue weighted by atomic mass is 10.1. The summed E-state index contributed by atoms with van der Waals surface area (Å²) in [6.45, 7) is 5.33. The van der Waals surface area contributed by atoms with Crippen molar-refractivity contribution in [2.24, 2.45) is 10.9 Å². The maximum atomic E-state index is 9.01. The first kappa shape index (κ1) is 13.1. The van der Waals surface area contributed by atoms with Crippen LogP contribution in [0.4, 0.5) is 5.82 Å². The molecule has 0 saturated carbocycles. The first-order chi connectivity index (χ1) is 9.60. The van der Waals surface area contributed by atoms with E-state index >= 15 is 0 Å². The SMILES string of the molecule is Cc1nnc(N2CC3CCC(C2)O3)c(C(N)=NO)c1C. The minimum atomic E-state index is 0.0781. The minimum absolute atomic E-state index is 0.0781. The number of aryl methyl sites for hydroxylation is 1. The van der Waals surface area contributed by atoms with E-state index in [-0.39, 0.29) is 18.0 Å². The van der Waals surface area contributed by atoms with E-state index in [0.29, 0.717) is 11.4 Å². The predicted octanol–water partition coefficient (Wildman–Crippen LogP) is 0.556. The second kappa shape index (κ2) is 4.90. The number of morpholine rings is 1. The van der Waals surface area contributed by atoms with Gasteiger partial charge in [0.25, 0.3) is 0 Å². The van der Waals surface area contributed by atoms with E-state index in [4.69, 9.17) is 15.7 Å². The molecule has 2 bridgehead atoms. The van der Waals surface area contributed by atoms with Crippen molar-refractivity contribution >= 4 is 11.7 Å². The molecule has 7 heteroatoms. The number of nitrogens with zero attached hydrogens (tertiary/aromatic N) is 4. The maximum Gasteiger partial charge on any atom is 0.174 e. The van der Waals surface area contributed by atoms with Crippen LogP contribution in [0, 0.1) is 13.8 Å². The molecule has 0 spiro atoms. The Morgan fingerprint density at radius 3 is 2.55 bits per heavy atom. The van der Waals surface area contributed by atoms with Crippen LogP contribution in [-0.2, 0) is 4.74 Å². The van der Waals surface area contributed by atoms with Gasteiger partial charge >= 0.3 is 0 Å². The number of rotatable bonds is 2. The molecule has 20 heavy (non-hydrogen) atoms. The summed E-state index contributed by atoms with van der Waals surface area (Å²) in [5, 5.41) is 20.6. The van der Waals surface area contributed by atoms with Crippen molar-refractivity contribution in [2.45, 2.75) is 38.9 Å². The van der Waals surface area contributed by atoms with Crippen molar-refractivity contribution in [3.63, 3.8) is 0 Å². The third kappa shape index (κ3) is 2.07. The summed E-state index contributed by atoms with van der Waals surface area (Å²) >= 11 is 0. The average molecular weight is 277 g/mol. The van der Waals surface area contributed by atoms with E-state index < -0.39 is 0 Å². The van der Waals surface area contributed by atoms with E-state index in [9.17, 15) is 0 Å². The molecule has 3 rings (SSSR count). The summed E-state index contributed by atoms with van der Waals surface area (Å²) < 4.78 is 5.83. The van der Waals surface area contributed by atoms with Gasteiger partial charge in [0.2, 0.25) is 0 Å². The highest BCUT2D eigenvalue weighted by Gasteiger charge is 2.35. The Labute approximate surface area is 117 Å². The number of ether oxygens (including phenoxy) is 1. The molecule has 3 heterocycles. The molecule has 0 radical (unpaired) electrons. The lowest BCUT2D eigenvalue weighted by Gasteiger charge is -2.34. The van der Waals surface area contributed by atoms with Crippen molar-refractivity contribution in [3.8, 4) is 0 Å². The number of aromatic nitrogens is 2. The molecule has 0 amide bonds. The molecule has 3 N–H and O–H groups in total. The first-order valence-corrected chi connectivity index (χ1v) is 6.82. The molecule has 1 aromatic rings. The van der Waals surface area contributed by atoms with Crippen molar-refractivity contribution in [2.75, 3.05) is 18.0 Å². The zero-order valence-corrected chi connectivity index (χ0v) is 11.7. The highest BCUT2D eigenvalue weighted by Crippen LogP contribution is 2.31. The number of amidine groups is 1. The van der Waals surface area contributed by atoms with Gasteiger partial charge in [-0.15, -0.1) is 5.10 Å². The molecule has 0 aromatic carbocycles. The van der Waals surface area contributed by atoms with Gasteiger partial charge in [0, 0.05) is 13.1 Å². The first-order valence-electron chi connectivity index (χ1n) is 6.82. The number of hydrogen-bond acceptors (Lipinski definition) is 6. The second-order valence-electron chi connectivity index (χ2n) is 5.46. The molecule has 2 fully saturated rings. The number of oxime groups is 1. The Kier molecular flexibility index (Phi) is 3.21. The lowest BCUT2D eigenvalue weighted by Crippen LogP contribution is -2.44. The molecule has 2 aliphatic rings. The smallest absolute Gasteiger partial charge is 0.174 e. The van der Waals surface area contributed by atoms with Crippen molar-refractivity contribution < 1.29 is 9.94 Å². The molecule has 7 nitrogen and oxygen atoms in total. The van der Waals surface area contributed by atoms with Gasteiger partial charge in [-0.25, -0.2) is 0 Å². The Morgan fingerprint density at radius 2 is 1.95 bits per heavy atom. The highest BCUT2D eigenvalue weighted by atomic mass is 16.5. The van der Waals surface area contributed by atoms with Gasteiger partial charge in [0.05, 0.1) is 23.5 Å². The van der Waals surface area contributed by atoms with Gasteiger partial charge in [-0.3, -0.25) is 0 Å². The Bertz CT molecular complexity index is 548. The molecular weight excluding hydrogens is 258 g/mol. The fraction of sp³-hybridized carbons (Fsp3) is 0.615. The van der Waals surface area contributed by atoms with Crippen LogP contribution in [0.3, 0.4) is 0 Å². The van der Waals surface area contributed by atoms with Crippen LogP contribution in [0.2, 0.25) is 0 Å². The molecule has 1 aromatic heterocycles. The monoisotopic (exact) mass is 277 g/mol. The molecule has 2 aliphatic heterocycles. The average Bonchev–Trinajstić information content (AvgIpc) is 2.79. The largest absolute Gasteiger partial charge is 0.409 e. The van der Waals surface area contributed by atoms with Gasteiger partial charge in [0.15, 0.2) is 11.7 Å². The van der Waals surface area contributed by atoms with E-state index in [1.165, 1.54) is 0 Å². The van der Waals surface area contributed by atoms with E-state index in [1.807, 2.05) is 13.8 Å². The Morgan fingerprint density at radius 1 is 1.30 bits per heavy atom. The summed E-state index contributed by atoms with van der Waals surface area (Å²) in [5.41, 5.74) is 8.18. The van der Waals surface area contributed by atoms with Crippen LogP contribution in [0.15, 0.2) is 5.16 Å². The maximum absolute atomic E-state index is 9.01. The quantitative estimate of drug-likeness (QED) is 0.355. The van der Waals surface area contributed by atoms with Gasteiger partial charge < -0.3 is 20.6 Å². The standard InChI is InChI=1S/C13H19N5O2/c1-7-8(2)15-16-13(11(7)12(14)17-19)18-5-9-3-4-10(6-18)20-9/h9-10,19H,3-6H2,1-2H3,(H2,14,17). The topological polar surface area (TPSA) is 96.9 Å². The molecule has 0 aliphatic carbocycles. The van der Waals surface area contributed by atoms with E-state index in [1.54, 1.807) is 0 Å². The molecule has 108 valence electrons. The third-order valence-corrected chi connectivity index (χ3v) is 4.14. The van der Waals surface area contributed by atoms with Gasteiger partial charge in [-0.2, -0.15) is 5.10 Å². The van der Waals surface area contributed by atoms with Gasteiger partial charge in [-0.05, 0) is 32.3 Å². The minimum Gasteiger partial charge on any atom is -0.409 e. The highest BCUT2D eigenvalue weighted by molar-refractivity contribution is 6.02. The van der Waals surface area contributed by atoms with E-state index in [2.05, 4.69) is 20.3 Å². The van der Waals surface area contributed by atoms with E-state index in [0.717, 1.165) is 37.2 Å². The lowest BCUT2D eigenvalue weighted by molar-refractivity contribution is 0.0301. The van der Waals surface area contributed by atoms with Crippen molar-refractivity contribution in [1.29, 1.82) is 0 Å². The zero-order valence-electron chi connectivity index (χ0n) is 11.7. The van der Waals surface area contributed by atoms with Gasteiger partial charge in [-0.1, -0.05) is 5.16 Å². The molecular formula is C13H19N5O2. The van der Waals surface area contributed by atoms with Crippen LogP contribution in [0.5, 0.6) is 0 Å². The van der Waals surface area contributed by atoms with Crippen LogP contribution < -0.4 is 10.6 Å².